The fraction of sp³-hybridized carbons (Fsp3) is 0.500. The quantitative estimate of drug-likeness (QED) is 0.516. The van der Waals surface area contributed by atoms with Crippen molar-refractivity contribution in [1.29, 1.82) is 0 Å². The molecule has 0 saturated carbocycles. The summed E-state index contributed by atoms with van der Waals surface area (Å²) in [5.41, 5.74) is 1.46. The highest BCUT2D eigenvalue weighted by Crippen LogP contribution is 2.33. The van der Waals surface area contributed by atoms with Gasteiger partial charge >= 0.3 is 7.60 Å². The largest absolute Gasteiger partial charge is 0.377 e. The van der Waals surface area contributed by atoms with Crippen LogP contribution in [0.25, 0.3) is 11.2 Å². The molecule has 2 aromatic rings. The second-order valence-electron chi connectivity index (χ2n) is 3.98. The molecular formula is C10H15N4O5P. The molecule has 0 radical (unpaired) electrons. The summed E-state index contributed by atoms with van der Waals surface area (Å²) in [5, 5.41) is 0. The normalized spacial score (nSPS) is 12.1. The van der Waals surface area contributed by atoms with Crippen molar-refractivity contribution in [3.8, 4) is 0 Å². The summed E-state index contributed by atoms with van der Waals surface area (Å²) in [6.45, 7) is 1.40. The van der Waals surface area contributed by atoms with E-state index in [0.717, 1.165) is 11.2 Å². The molecule has 0 fully saturated rings. The molecule has 0 aliphatic heterocycles. The van der Waals surface area contributed by atoms with E-state index in [1.54, 1.807) is 12.5 Å². The molecule has 0 saturated heterocycles. The lowest BCUT2D eigenvalue weighted by atomic mass is 10.5. The number of fused-ring (bicyclic) bond motifs is 1. The van der Waals surface area contributed by atoms with Gasteiger partial charge in [-0.15, -0.1) is 0 Å². The van der Waals surface area contributed by atoms with Crippen molar-refractivity contribution < 1.29 is 23.8 Å². The first-order valence-corrected chi connectivity index (χ1v) is 7.67. The van der Waals surface area contributed by atoms with Crippen molar-refractivity contribution in [2.45, 2.75) is 6.54 Å². The Morgan fingerprint density at radius 1 is 1.20 bits per heavy atom. The highest BCUT2D eigenvalue weighted by atomic mass is 31.2. The van der Waals surface area contributed by atoms with Gasteiger partial charge in [-0.05, 0) is 0 Å². The number of ether oxygens (including phenoxy) is 2. The lowest BCUT2D eigenvalue weighted by Crippen LogP contribution is -2.10. The Morgan fingerprint density at radius 2 is 2.00 bits per heavy atom. The summed E-state index contributed by atoms with van der Waals surface area (Å²) >= 11 is 0. The maximum absolute atomic E-state index is 10.5. The van der Waals surface area contributed by atoms with Crippen molar-refractivity contribution in [3.05, 3.63) is 18.9 Å². The van der Waals surface area contributed by atoms with Gasteiger partial charge in [-0.25, -0.2) is 15.0 Å². The lowest BCUT2D eigenvalue weighted by Gasteiger charge is -2.07. The summed E-state index contributed by atoms with van der Waals surface area (Å²) in [4.78, 5) is 29.3. The Bertz CT molecular complexity index is 598. The van der Waals surface area contributed by atoms with Gasteiger partial charge in [0.1, 0.15) is 18.2 Å². The van der Waals surface area contributed by atoms with E-state index in [0.29, 0.717) is 13.2 Å². The van der Waals surface area contributed by atoms with Crippen molar-refractivity contribution in [2.24, 2.45) is 0 Å². The predicted octanol–water partition coefficient (Wildman–Crippen LogP) is -0.00530. The summed E-state index contributed by atoms with van der Waals surface area (Å²) in [7, 11) is -4.09. The molecule has 2 aromatic heterocycles. The van der Waals surface area contributed by atoms with Crippen molar-refractivity contribution in [1.82, 2.24) is 19.5 Å². The minimum absolute atomic E-state index is 0.137. The number of imidazole rings is 1. The van der Waals surface area contributed by atoms with Gasteiger partial charge in [0.25, 0.3) is 0 Å². The van der Waals surface area contributed by atoms with Crippen LogP contribution in [0.5, 0.6) is 0 Å². The van der Waals surface area contributed by atoms with E-state index in [1.165, 1.54) is 6.33 Å². The Labute approximate surface area is 114 Å². The van der Waals surface area contributed by atoms with Crippen LogP contribution in [0.3, 0.4) is 0 Å². The Morgan fingerprint density at radius 3 is 2.80 bits per heavy atom. The van der Waals surface area contributed by atoms with Crippen LogP contribution < -0.4 is 0 Å². The Hall–Kier alpha value is -1.38. The highest BCUT2D eigenvalue weighted by Gasteiger charge is 2.11. The Balaban J connectivity index is 1.65. The molecule has 0 aromatic carbocycles. The van der Waals surface area contributed by atoms with Gasteiger partial charge in [-0.3, -0.25) is 4.57 Å². The molecular weight excluding hydrogens is 287 g/mol. The number of hydrogen-bond acceptors (Lipinski definition) is 6. The molecule has 0 aliphatic carbocycles. The van der Waals surface area contributed by atoms with E-state index in [-0.39, 0.29) is 13.2 Å². The summed E-state index contributed by atoms with van der Waals surface area (Å²) in [5.74, 6) is 0. The van der Waals surface area contributed by atoms with Gasteiger partial charge in [-0.2, -0.15) is 0 Å². The molecule has 10 heteroatoms. The number of nitrogens with zero attached hydrogens (tertiary/aromatic N) is 4. The molecule has 0 amide bonds. The molecule has 2 N–H and O–H groups in total. The van der Waals surface area contributed by atoms with Gasteiger partial charge in [-0.1, -0.05) is 0 Å². The molecule has 0 spiro atoms. The molecule has 110 valence electrons. The SMILES string of the molecule is O=P(O)(O)COCCOCCn1cnc2cncnc21. The fourth-order valence-corrected chi connectivity index (χ4v) is 1.91. The number of rotatable bonds is 8. The summed E-state index contributed by atoms with van der Waals surface area (Å²) in [6.07, 6.45) is 4.17. The zero-order valence-electron chi connectivity index (χ0n) is 10.6. The maximum atomic E-state index is 10.5. The first-order valence-electron chi connectivity index (χ1n) is 5.87. The fourth-order valence-electron chi connectivity index (χ4n) is 1.54. The lowest BCUT2D eigenvalue weighted by molar-refractivity contribution is 0.0560. The van der Waals surface area contributed by atoms with Gasteiger partial charge in [0.15, 0.2) is 5.65 Å². The summed E-state index contributed by atoms with van der Waals surface area (Å²) < 4.78 is 22.4. The smallest absolute Gasteiger partial charge is 0.350 e. The number of aromatic nitrogens is 4. The van der Waals surface area contributed by atoms with Gasteiger partial charge in [0, 0.05) is 6.54 Å². The molecule has 9 nitrogen and oxygen atoms in total. The highest BCUT2D eigenvalue weighted by molar-refractivity contribution is 7.51. The third-order valence-electron chi connectivity index (χ3n) is 2.39. The van der Waals surface area contributed by atoms with Crippen LogP contribution in [0, 0.1) is 0 Å². The van der Waals surface area contributed by atoms with E-state index in [9.17, 15) is 4.57 Å². The third-order valence-corrected chi connectivity index (χ3v) is 2.91. The Kier molecular flexibility index (Phi) is 5.16. The average Bonchev–Trinajstić information content (AvgIpc) is 2.80. The molecule has 0 unspecified atom stereocenters. The van der Waals surface area contributed by atoms with Crippen LogP contribution in [0.1, 0.15) is 0 Å². The molecule has 2 rings (SSSR count). The van der Waals surface area contributed by atoms with Crippen LogP contribution in [-0.2, 0) is 20.6 Å². The van der Waals surface area contributed by atoms with Crippen molar-refractivity contribution in [2.75, 3.05) is 26.2 Å². The second kappa shape index (κ2) is 6.87. The van der Waals surface area contributed by atoms with Gasteiger partial charge in [0.2, 0.25) is 0 Å². The molecule has 20 heavy (non-hydrogen) atoms. The van der Waals surface area contributed by atoms with E-state index < -0.39 is 13.9 Å². The molecule has 0 atom stereocenters. The molecule has 2 heterocycles. The standard InChI is InChI=1S/C10H15N4O5P/c15-20(16,17)8-19-4-3-18-2-1-14-7-13-9-5-11-6-12-10(9)14/h5-7H,1-4,8H2,(H2,15,16,17). The monoisotopic (exact) mass is 302 g/mol. The minimum Gasteiger partial charge on any atom is -0.377 e. The zero-order valence-corrected chi connectivity index (χ0v) is 11.5. The van der Waals surface area contributed by atoms with E-state index >= 15 is 0 Å². The average molecular weight is 302 g/mol. The van der Waals surface area contributed by atoms with Crippen LogP contribution in [0.15, 0.2) is 18.9 Å². The van der Waals surface area contributed by atoms with E-state index in [1.807, 2.05) is 4.57 Å². The molecule has 0 aliphatic rings. The zero-order chi connectivity index (χ0) is 14.4. The van der Waals surface area contributed by atoms with E-state index in [2.05, 4.69) is 15.0 Å². The van der Waals surface area contributed by atoms with Crippen molar-refractivity contribution in [3.63, 3.8) is 0 Å². The van der Waals surface area contributed by atoms with Crippen LogP contribution in [0.2, 0.25) is 0 Å². The van der Waals surface area contributed by atoms with Crippen LogP contribution >= 0.6 is 7.60 Å². The summed E-state index contributed by atoms with van der Waals surface area (Å²) in [6, 6.07) is 0. The third kappa shape index (κ3) is 4.62. The first-order chi connectivity index (χ1) is 9.56. The molecule has 0 bridgehead atoms. The predicted molar refractivity (Wildman–Crippen MR) is 69.0 cm³/mol. The van der Waals surface area contributed by atoms with E-state index in [4.69, 9.17) is 19.3 Å². The maximum Gasteiger partial charge on any atom is 0.350 e. The topological polar surface area (TPSA) is 120 Å². The van der Waals surface area contributed by atoms with Crippen LogP contribution in [0.4, 0.5) is 0 Å². The first kappa shape index (κ1) is 15.0. The van der Waals surface area contributed by atoms with Gasteiger partial charge < -0.3 is 23.8 Å². The van der Waals surface area contributed by atoms with Crippen molar-refractivity contribution >= 4 is 18.8 Å². The second-order valence-corrected chi connectivity index (χ2v) is 5.57. The van der Waals surface area contributed by atoms with Gasteiger partial charge in [0.05, 0.1) is 32.3 Å². The minimum atomic E-state index is -4.09. The van der Waals surface area contributed by atoms with Crippen LogP contribution in [-0.4, -0.2) is 55.5 Å². The number of hydrogen-bond donors (Lipinski definition) is 2.